The highest BCUT2D eigenvalue weighted by Crippen LogP contribution is 2.33. The van der Waals surface area contributed by atoms with Gasteiger partial charge in [0.2, 0.25) is 21.8 Å². The van der Waals surface area contributed by atoms with E-state index in [2.05, 4.69) is 5.32 Å². The van der Waals surface area contributed by atoms with E-state index in [0.717, 1.165) is 5.56 Å². The van der Waals surface area contributed by atoms with E-state index in [-0.39, 0.29) is 29.8 Å². The van der Waals surface area contributed by atoms with Gasteiger partial charge in [-0.3, -0.25) is 14.5 Å². The quantitative estimate of drug-likeness (QED) is 0.857. The highest BCUT2D eigenvalue weighted by atomic mass is 32.2. The Balaban J connectivity index is 1.66. The van der Waals surface area contributed by atoms with Gasteiger partial charge in [-0.25, -0.2) is 8.42 Å². The summed E-state index contributed by atoms with van der Waals surface area (Å²) < 4.78 is 27.5. The molecule has 4 rings (SSSR count). The van der Waals surface area contributed by atoms with E-state index in [0.29, 0.717) is 24.2 Å². The largest absolute Gasteiger partial charge is 0.323 e. The van der Waals surface area contributed by atoms with Gasteiger partial charge >= 0.3 is 0 Å². The van der Waals surface area contributed by atoms with Crippen LogP contribution < -0.4 is 10.2 Å². The minimum absolute atomic E-state index is 0.120. The van der Waals surface area contributed by atoms with Crippen molar-refractivity contribution >= 4 is 33.2 Å². The molecule has 0 aromatic heterocycles. The summed E-state index contributed by atoms with van der Waals surface area (Å²) in [5.41, 5.74) is 2.11. The Hall–Kier alpha value is -2.71. The minimum atomic E-state index is -3.79. The molecule has 1 fully saturated rings. The van der Waals surface area contributed by atoms with Crippen LogP contribution in [0.2, 0.25) is 0 Å². The highest BCUT2D eigenvalue weighted by molar-refractivity contribution is 7.89. The zero-order valence-electron chi connectivity index (χ0n) is 15.5. The predicted molar refractivity (Wildman–Crippen MR) is 106 cm³/mol. The number of aryl methyl sites for hydroxylation is 1. The zero-order valence-corrected chi connectivity index (χ0v) is 16.3. The number of hydrogen-bond acceptors (Lipinski definition) is 4. The lowest BCUT2D eigenvalue weighted by Crippen LogP contribution is -2.51. The number of hydrogen-bond donors (Lipinski definition) is 1. The van der Waals surface area contributed by atoms with Crippen molar-refractivity contribution in [3.63, 3.8) is 0 Å². The highest BCUT2D eigenvalue weighted by Gasteiger charge is 2.42. The first-order valence-corrected chi connectivity index (χ1v) is 10.6. The number of carbonyl (C=O) groups excluding carboxylic acids is 2. The van der Waals surface area contributed by atoms with E-state index in [1.54, 1.807) is 48.5 Å². The zero-order chi connectivity index (χ0) is 19.9. The van der Waals surface area contributed by atoms with E-state index >= 15 is 0 Å². The Kier molecular flexibility index (Phi) is 4.68. The first-order valence-electron chi connectivity index (χ1n) is 9.17. The van der Waals surface area contributed by atoms with Gasteiger partial charge in [-0.05, 0) is 44.0 Å². The smallest absolute Gasteiger partial charge is 0.245 e. The fraction of sp³-hybridized carbons (Fsp3) is 0.300. The Bertz CT molecular complexity index is 1030. The lowest BCUT2D eigenvalue weighted by molar-refractivity contribution is -0.124. The minimum Gasteiger partial charge on any atom is -0.323 e. The summed E-state index contributed by atoms with van der Waals surface area (Å²) in [6.45, 7) is 2.05. The Labute approximate surface area is 164 Å². The van der Waals surface area contributed by atoms with Crippen molar-refractivity contribution in [1.29, 1.82) is 0 Å². The summed E-state index contributed by atoms with van der Waals surface area (Å²) in [4.78, 5) is 26.9. The van der Waals surface area contributed by atoms with Crippen LogP contribution in [0.15, 0.2) is 53.4 Å². The van der Waals surface area contributed by atoms with Crippen LogP contribution in [-0.2, 0) is 19.6 Å². The fourth-order valence-corrected chi connectivity index (χ4v) is 5.38. The number of fused-ring (bicyclic) bond motifs is 1. The number of nitrogens with one attached hydrogen (secondary N) is 1. The molecule has 2 aromatic carbocycles. The van der Waals surface area contributed by atoms with E-state index in [9.17, 15) is 18.0 Å². The lowest BCUT2D eigenvalue weighted by Gasteiger charge is -2.33. The molecular formula is C20H21N3O4S. The van der Waals surface area contributed by atoms with Crippen LogP contribution in [0.5, 0.6) is 0 Å². The molecule has 0 aliphatic carbocycles. The van der Waals surface area contributed by atoms with E-state index in [1.807, 2.05) is 6.92 Å². The molecule has 0 spiro atoms. The SMILES string of the molecule is Cc1ccc(S(=O)(=O)N2CCCC2C(=O)N2CC(=O)Nc3ccccc32)cc1. The maximum absolute atomic E-state index is 13.3. The molecular weight excluding hydrogens is 378 g/mol. The summed E-state index contributed by atoms with van der Waals surface area (Å²) >= 11 is 0. The summed E-state index contributed by atoms with van der Waals surface area (Å²) in [5, 5.41) is 2.74. The topological polar surface area (TPSA) is 86.8 Å². The normalized spacial score (nSPS) is 20.0. The van der Waals surface area contributed by atoms with Crippen molar-refractivity contribution in [1.82, 2.24) is 4.31 Å². The average molecular weight is 399 g/mol. The maximum Gasteiger partial charge on any atom is 0.245 e. The molecule has 2 heterocycles. The molecule has 2 aliphatic heterocycles. The number of benzene rings is 2. The van der Waals surface area contributed by atoms with Crippen molar-refractivity contribution in [3.05, 3.63) is 54.1 Å². The average Bonchev–Trinajstić information content (AvgIpc) is 3.18. The van der Waals surface area contributed by atoms with Gasteiger partial charge in [0.1, 0.15) is 12.6 Å². The molecule has 0 radical (unpaired) electrons. The van der Waals surface area contributed by atoms with Crippen molar-refractivity contribution in [3.8, 4) is 0 Å². The Morgan fingerprint density at radius 3 is 2.57 bits per heavy atom. The van der Waals surface area contributed by atoms with Gasteiger partial charge in [-0.2, -0.15) is 4.31 Å². The van der Waals surface area contributed by atoms with Crippen molar-refractivity contribution < 1.29 is 18.0 Å². The van der Waals surface area contributed by atoms with Crippen molar-refractivity contribution in [2.75, 3.05) is 23.3 Å². The number of rotatable bonds is 3. The monoisotopic (exact) mass is 399 g/mol. The van der Waals surface area contributed by atoms with Gasteiger partial charge in [0, 0.05) is 6.54 Å². The summed E-state index contributed by atoms with van der Waals surface area (Å²) in [7, 11) is -3.79. The van der Waals surface area contributed by atoms with Crippen LogP contribution in [-0.4, -0.2) is 43.7 Å². The first-order chi connectivity index (χ1) is 13.4. The maximum atomic E-state index is 13.3. The fourth-order valence-electron chi connectivity index (χ4n) is 3.73. The predicted octanol–water partition coefficient (Wildman–Crippen LogP) is 2.13. The molecule has 28 heavy (non-hydrogen) atoms. The second-order valence-corrected chi connectivity index (χ2v) is 8.97. The third-order valence-electron chi connectivity index (χ3n) is 5.15. The summed E-state index contributed by atoms with van der Waals surface area (Å²) in [6.07, 6.45) is 1.04. The van der Waals surface area contributed by atoms with Crippen LogP contribution in [0.3, 0.4) is 0 Å². The van der Waals surface area contributed by atoms with Crippen LogP contribution in [0.1, 0.15) is 18.4 Å². The first kappa shape index (κ1) is 18.6. The van der Waals surface area contributed by atoms with Gasteiger partial charge in [0.05, 0.1) is 16.3 Å². The molecule has 2 aliphatic rings. The van der Waals surface area contributed by atoms with Crippen molar-refractivity contribution in [2.45, 2.75) is 30.7 Å². The van der Waals surface area contributed by atoms with Gasteiger partial charge < -0.3 is 5.32 Å². The van der Waals surface area contributed by atoms with Gasteiger partial charge in [-0.1, -0.05) is 29.8 Å². The molecule has 1 N–H and O–H groups in total. The summed E-state index contributed by atoms with van der Waals surface area (Å²) in [6, 6.07) is 12.8. The van der Waals surface area contributed by atoms with E-state index in [4.69, 9.17) is 0 Å². The second kappa shape index (κ2) is 7.03. The molecule has 0 saturated carbocycles. The van der Waals surface area contributed by atoms with Gasteiger partial charge in [-0.15, -0.1) is 0 Å². The Morgan fingerprint density at radius 1 is 1.11 bits per heavy atom. The van der Waals surface area contributed by atoms with E-state index < -0.39 is 16.1 Å². The molecule has 1 unspecified atom stereocenters. The number of carbonyl (C=O) groups is 2. The van der Waals surface area contributed by atoms with Crippen LogP contribution in [0.4, 0.5) is 11.4 Å². The number of nitrogens with zero attached hydrogens (tertiary/aromatic N) is 2. The molecule has 2 amide bonds. The van der Waals surface area contributed by atoms with Crippen molar-refractivity contribution in [2.24, 2.45) is 0 Å². The number of para-hydroxylation sites is 2. The molecule has 8 heteroatoms. The molecule has 0 bridgehead atoms. The molecule has 146 valence electrons. The van der Waals surface area contributed by atoms with Crippen LogP contribution in [0.25, 0.3) is 0 Å². The van der Waals surface area contributed by atoms with Crippen LogP contribution >= 0.6 is 0 Å². The summed E-state index contributed by atoms with van der Waals surface area (Å²) in [5.74, 6) is -0.659. The van der Waals surface area contributed by atoms with Gasteiger partial charge in [0.25, 0.3) is 0 Å². The molecule has 1 atom stereocenters. The third kappa shape index (κ3) is 3.18. The van der Waals surface area contributed by atoms with Crippen LogP contribution in [0, 0.1) is 6.92 Å². The standard InChI is InChI=1S/C20H21N3O4S/c1-14-8-10-15(11-9-14)28(26,27)23-12-4-7-18(23)20(25)22-13-19(24)21-16-5-2-3-6-17(16)22/h2-3,5-6,8-11,18H,4,7,12-13H2,1H3,(H,21,24). The second-order valence-electron chi connectivity index (χ2n) is 7.08. The lowest BCUT2D eigenvalue weighted by atomic mass is 10.1. The Morgan fingerprint density at radius 2 is 1.82 bits per heavy atom. The number of anilines is 2. The molecule has 7 nitrogen and oxygen atoms in total. The van der Waals surface area contributed by atoms with Gasteiger partial charge in [0.15, 0.2) is 0 Å². The van der Waals surface area contributed by atoms with E-state index in [1.165, 1.54) is 9.21 Å². The molecule has 2 aromatic rings. The number of sulfonamides is 1. The molecule has 1 saturated heterocycles. The third-order valence-corrected chi connectivity index (χ3v) is 7.08. The number of amides is 2.